The summed E-state index contributed by atoms with van der Waals surface area (Å²) in [4.78, 5) is 0. The number of rotatable bonds is 4. The molecule has 0 saturated heterocycles. The second-order valence-corrected chi connectivity index (χ2v) is 6.54. The Morgan fingerprint density at radius 2 is 1.04 bits per heavy atom. The Hall–Kier alpha value is -3.04. The molecule has 0 aliphatic carbocycles. The molecule has 0 aromatic heterocycles. The molecule has 138 valence electrons. The van der Waals surface area contributed by atoms with E-state index >= 15 is 0 Å². The molecule has 0 unspecified atom stereocenters. The number of hydrogen-bond donors (Lipinski definition) is 0. The lowest BCUT2D eigenvalue weighted by Gasteiger charge is -2.05. The summed E-state index contributed by atoms with van der Waals surface area (Å²) in [5.41, 5.74) is 1.79. The van der Waals surface area contributed by atoms with Gasteiger partial charge in [0, 0.05) is 27.2 Å². The first-order valence-corrected chi connectivity index (χ1v) is 9.29. The van der Waals surface area contributed by atoms with Crippen molar-refractivity contribution in [1.29, 1.82) is 0 Å². The summed E-state index contributed by atoms with van der Waals surface area (Å²) in [7, 11) is 0. The lowest BCUT2D eigenvalue weighted by molar-refractivity contribution is 0.351. The van der Waals surface area contributed by atoms with Crippen LogP contribution in [0.4, 0.5) is 0 Å². The number of hydrogen-bond acceptors (Lipinski definition) is 2. The molecule has 0 aliphatic heterocycles. The van der Waals surface area contributed by atoms with Crippen LogP contribution in [-0.2, 0) is 0 Å². The monoisotopic (exact) mass is 406 g/mol. The van der Waals surface area contributed by atoms with Gasteiger partial charge in [-0.3, -0.25) is 0 Å². The van der Waals surface area contributed by atoms with Crippen LogP contribution in [0.5, 0.6) is 11.5 Å². The fourth-order valence-electron chi connectivity index (χ4n) is 2.24. The minimum absolute atomic E-state index is 0.280. The van der Waals surface area contributed by atoms with Crippen LogP contribution in [0.3, 0.4) is 0 Å². The van der Waals surface area contributed by atoms with Crippen molar-refractivity contribution in [2.75, 3.05) is 13.2 Å². The van der Waals surface area contributed by atoms with Gasteiger partial charge in [0.1, 0.15) is 24.7 Å². The third-order valence-corrected chi connectivity index (χ3v) is 4.09. The maximum Gasteiger partial charge on any atom is 0.149 e. The highest BCUT2D eigenvalue weighted by molar-refractivity contribution is 6.30. The van der Waals surface area contributed by atoms with E-state index in [-0.39, 0.29) is 13.2 Å². The quantitative estimate of drug-likeness (QED) is 0.505. The molecule has 0 heterocycles. The van der Waals surface area contributed by atoms with Crippen LogP contribution in [0.1, 0.15) is 11.1 Å². The SMILES string of the molecule is Clc1ccc(C#CCOc2cccc(OCC#Cc3ccc(Cl)cc3)c2)cc1. The minimum atomic E-state index is 0.280. The van der Waals surface area contributed by atoms with Gasteiger partial charge in [-0.25, -0.2) is 0 Å². The van der Waals surface area contributed by atoms with E-state index in [2.05, 4.69) is 23.7 Å². The summed E-state index contributed by atoms with van der Waals surface area (Å²) in [5, 5.41) is 1.38. The number of halogens is 2. The Bertz CT molecular complexity index is 951. The number of ether oxygens (including phenoxy) is 2. The van der Waals surface area contributed by atoms with E-state index in [1.165, 1.54) is 0 Å². The molecule has 28 heavy (non-hydrogen) atoms. The van der Waals surface area contributed by atoms with Crippen molar-refractivity contribution < 1.29 is 9.47 Å². The molecule has 0 aliphatic rings. The number of benzene rings is 3. The zero-order chi connectivity index (χ0) is 19.6. The highest BCUT2D eigenvalue weighted by atomic mass is 35.5. The Labute approximate surface area is 175 Å². The van der Waals surface area contributed by atoms with E-state index in [1.54, 1.807) is 0 Å². The van der Waals surface area contributed by atoms with E-state index in [1.807, 2.05) is 72.8 Å². The van der Waals surface area contributed by atoms with Gasteiger partial charge in [-0.05, 0) is 60.7 Å². The van der Waals surface area contributed by atoms with Crippen LogP contribution in [0.15, 0.2) is 72.8 Å². The van der Waals surface area contributed by atoms with Crippen LogP contribution in [0.25, 0.3) is 0 Å². The predicted molar refractivity (Wildman–Crippen MR) is 114 cm³/mol. The zero-order valence-electron chi connectivity index (χ0n) is 14.9. The highest BCUT2D eigenvalue weighted by Crippen LogP contribution is 2.19. The van der Waals surface area contributed by atoms with Crippen LogP contribution >= 0.6 is 23.2 Å². The summed E-state index contributed by atoms with van der Waals surface area (Å²) in [6.45, 7) is 0.560. The molecular formula is C24H16Cl2O2. The van der Waals surface area contributed by atoms with Gasteiger partial charge < -0.3 is 9.47 Å². The molecule has 0 amide bonds. The second kappa shape index (κ2) is 10.3. The predicted octanol–water partition coefficient (Wildman–Crippen LogP) is 5.85. The molecule has 3 rings (SSSR count). The van der Waals surface area contributed by atoms with Gasteiger partial charge in [-0.15, -0.1) is 0 Å². The molecule has 0 saturated carbocycles. The maximum absolute atomic E-state index is 5.85. The lowest BCUT2D eigenvalue weighted by atomic mass is 10.2. The molecule has 3 aromatic carbocycles. The van der Waals surface area contributed by atoms with Crippen molar-refractivity contribution in [2.45, 2.75) is 0 Å². The summed E-state index contributed by atoms with van der Waals surface area (Å²) in [5.74, 6) is 13.4. The molecule has 4 heteroatoms. The summed E-state index contributed by atoms with van der Waals surface area (Å²) in [6.07, 6.45) is 0. The first-order valence-electron chi connectivity index (χ1n) is 8.53. The fraction of sp³-hybridized carbons (Fsp3) is 0.0833. The summed E-state index contributed by atoms with van der Waals surface area (Å²) in [6, 6.07) is 22.1. The smallest absolute Gasteiger partial charge is 0.149 e. The van der Waals surface area contributed by atoms with Crippen molar-refractivity contribution in [1.82, 2.24) is 0 Å². The normalized spacial score (nSPS) is 9.50. The van der Waals surface area contributed by atoms with E-state index in [4.69, 9.17) is 32.7 Å². The highest BCUT2D eigenvalue weighted by Gasteiger charge is 1.97. The van der Waals surface area contributed by atoms with E-state index < -0.39 is 0 Å². The Morgan fingerprint density at radius 1 is 0.607 bits per heavy atom. The standard InChI is InChI=1S/C24H16Cl2O2/c25-21-12-8-19(9-13-21)4-2-16-27-23-6-1-7-24(18-23)28-17-3-5-20-10-14-22(26)15-11-20/h1,6-15,18H,16-17H2. The summed E-state index contributed by atoms with van der Waals surface area (Å²) < 4.78 is 11.3. The molecule has 2 nitrogen and oxygen atoms in total. The first-order chi connectivity index (χ1) is 13.7. The topological polar surface area (TPSA) is 18.5 Å². The largest absolute Gasteiger partial charge is 0.481 e. The van der Waals surface area contributed by atoms with E-state index in [9.17, 15) is 0 Å². The Kier molecular flexibility index (Phi) is 7.28. The average Bonchev–Trinajstić information content (AvgIpc) is 2.72. The average molecular weight is 407 g/mol. The van der Waals surface area contributed by atoms with Crippen molar-refractivity contribution in [3.63, 3.8) is 0 Å². The van der Waals surface area contributed by atoms with Gasteiger partial charge in [0.25, 0.3) is 0 Å². The molecule has 0 radical (unpaired) electrons. The molecule has 0 spiro atoms. The van der Waals surface area contributed by atoms with Crippen molar-refractivity contribution in [3.05, 3.63) is 94.0 Å². The third kappa shape index (κ3) is 6.60. The molecule has 3 aromatic rings. The van der Waals surface area contributed by atoms with Gasteiger partial charge >= 0.3 is 0 Å². The summed E-state index contributed by atoms with van der Waals surface area (Å²) >= 11 is 11.7. The molecule has 0 atom stereocenters. The van der Waals surface area contributed by atoms with Crippen LogP contribution in [0.2, 0.25) is 10.0 Å². The van der Waals surface area contributed by atoms with E-state index in [0.29, 0.717) is 21.5 Å². The van der Waals surface area contributed by atoms with Gasteiger partial charge in [0.05, 0.1) is 0 Å². The second-order valence-electron chi connectivity index (χ2n) is 5.67. The minimum Gasteiger partial charge on any atom is -0.481 e. The molecule has 0 N–H and O–H groups in total. The van der Waals surface area contributed by atoms with Gasteiger partial charge in [0.15, 0.2) is 0 Å². The third-order valence-electron chi connectivity index (χ3n) is 3.58. The van der Waals surface area contributed by atoms with Gasteiger partial charge in [-0.1, -0.05) is 52.9 Å². The van der Waals surface area contributed by atoms with Gasteiger partial charge in [-0.2, -0.15) is 0 Å². The van der Waals surface area contributed by atoms with Crippen molar-refractivity contribution in [2.24, 2.45) is 0 Å². The van der Waals surface area contributed by atoms with Crippen molar-refractivity contribution in [3.8, 4) is 35.2 Å². The van der Waals surface area contributed by atoms with E-state index in [0.717, 1.165) is 11.1 Å². The van der Waals surface area contributed by atoms with Crippen molar-refractivity contribution >= 4 is 23.2 Å². The molecule has 0 bridgehead atoms. The lowest BCUT2D eigenvalue weighted by Crippen LogP contribution is -1.97. The fourth-order valence-corrected chi connectivity index (χ4v) is 2.49. The van der Waals surface area contributed by atoms with Crippen LogP contribution in [-0.4, -0.2) is 13.2 Å². The van der Waals surface area contributed by atoms with Crippen LogP contribution < -0.4 is 9.47 Å². The Morgan fingerprint density at radius 3 is 1.46 bits per heavy atom. The van der Waals surface area contributed by atoms with Crippen LogP contribution in [0, 0.1) is 23.7 Å². The van der Waals surface area contributed by atoms with Gasteiger partial charge in [0.2, 0.25) is 0 Å². The Balaban J connectivity index is 1.49. The maximum atomic E-state index is 5.85. The first kappa shape index (κ1) is 19.7. The molecule has 0 fully saturated rings. The zero-order valence-corrected chi connectivity index (χ0v) is 16.4. The molecular weight excluding hydrogens is 391 g/mol.